The Hall–Kier alpha value is -2.16. The summed E-state index contributed by atoms with van der Waals surface area (Å²) in [5.74, 6) is 0.0132. The second kappa shape index (κ2) is 9.11. The number of nitrogens with zero attached hydrogens (tertiary/aromatic N) is 2. The molecule has 3 N–H and O–H groups in total. The van der Waals surface area contributed by atoms with Crippen LogP contribution in [0.5, 0.6) is 0 Å². The summed E-state index contributed by atoms with van der Waals surface area (Å²) >= 11 is 1.46. The number of piperazine rings is 1. The molecule has 1 aromatic carbocycles. The van der Waals surface area contributed by atoms with Gasteiger partial charge in [-0.25, -0.2) is 4.79 Å². The lowest BCUT2D eigenvalue weighted by molar-refractivity contribution is 0.0535. The van der Waals surface area contributed by atoms with Crippen molar-refractivity contribution in [2.24, 2.45) is 0 Å². The molecule has 2 saturated heterocycles. The van der Waals surface area contributed by atoms with Gasteiger partial charge >= 0.3 is 6.03 Å². The number of nitrogens with one attached hydrogen (secondary N) is 3. The quantitative estimate of drug-likeness (QED) is 0.717. The molecule has 0 spiro atoms. The zero-order valence-electron chi connectivity index (χ0n) is 16.9. The second-order valence-electron chi connectivity index (χ2n) is 7.60. The third kappa shape index (κ3) is 4.39. The number of amides is 3. The lowest BCUT2D eigenvalue weighted by atomic mass is 10.0. The van der Waals surface area contributed by atoms with Crippen LogP contribution in [0.2, 0.25) is 0 Å². The molecule has 7 nitrogen and oxygen atoms in total. The maximum absolute atomic E-state index is 13.5. The van der Waals surface area contributed by atoms with Crippen molar-refractivity contribution in [3.05, 3.63) is 29.8 Å². The molecule has 4 rings (SSSR count). The number of urea groups is 1. The Balaban J connectivity index is 1.51. The first-order valence-electron chi connectivity index (χ1n) is 10.5. The summed E-state index contributed by atoms with van der Waals surface area (Å²) in [5, 5.41) is 10.6. The van der Waals surface area contributed by atoms with Crippen LogP contribution < -0.4 is 16.0 Å². The molecule has 0 radical (unpaired) electrons. The zero-order valence-corrected chi connectivity index (χ0v) is 17.7. The van der Waals surface area contributed by atoms with Gasteiger partial charge in [-0.2, -0.15) is 0 Å². The number of carbonyl (C=O) groups is 2. The van der Waals surface area contributed by atoms with Crippen LogP contribution in [0.4, 0.5) is 9.80 Å². The summed E-state index contributed by atoms with van der Waals surface area (Å²) in [5.41, 5.74) is 0.618. The molecule has 156 valence electrons. The number of piperidine rings is 1. The predicted octanol–water partition coefficient (Wildman–Crippen LogP) is 2.55. The van der Waals surface area contributed by atoms with Gasteiger partial charge in [0.05, 0.1) is 5.56 Å². The highest BCUT2D eigenvalue weighted by Crippen LogP contribution is 2.36. The fourth-order valence-electron chi connectivity index (χ4n) is 4.27. The maximum atomic E-state index is 13.5. The molecule has 3 amide bonds. The van der Waals surface area contributed by atoms with E-state index in [4.69, 9.17) is 0 Å². The minimum atomic E-state index is -0.274. The van der Waals surface area contributed by atoms with E-state index in [1.807, 2.05) is 36.1 Å². The Kier molecular flexibility index (Phi) is 6.32. The summed E-state index contributed by atoms with van der Waals surface area (Å²) in [6, 6.07) is 8.22. The number of fused-ring (bicyclic) bond motifs is 1. The molecule has 0 bridgehead atoms. The highest BCUT2D eigenvalue weighted by atomic mass is 32.1. The molecule has 0 saturated carbocycles. The molecule has 8 heteroatoms. The zero-order chi connectivity index (χ0) is 20.2. The molecule has 2 fully saturated rings. The molecule has 2 aliphatic rings. The van der Waals surface area contributed by atoms with Gasteiger partial charge < -0.3 is 15.5 Å². The molecule has 29 heavy (non-hydrogen) atoms. The highest BCUT2D eigenvalue weighted by molar-refractivity contribution is 7.23. The van der Waals surface area contributed by atoms with Gasteiger partial charge in [-0.3, -0.25) is 15.0 Å². The van der Waals surface area contributed by atoms with Crippen LogP contribution in [0, 0.1) is 0 Å². The Morgan fingerprint density at radius 1 is 1.14 bits per heavy atom. The van der Waals surface area contributed by atoms with E-state index in [9.17, 15) is 9.59 Å². The second-order valence-corrected chi connectivity index (χ2v) is 8.65. The van der Waals surface area contributed by atoms with Crippen molar-refractivity contribution in [2.75, 3.05) is 51.1 Å². The predicted molar refractivity (Wildman–Crippen MR) is 118 cm³/mol. The van der Waals surface area contributed by atoms with Crippen LogP contribution in [-0.2, 0) is 0 Å². The van der Waals surface area contributed by atoms with Gasteiger partial charge in [0.2, 0.25) is 0 Å². The van der Waals surface area contributed by atoms with Crippen molar-refractivity contribution in [2.45, 2.75) is 25.8 Å². The van der Waals surface area contributed by atoms with Crippen molar-refractivity contribution in [3.63, 3.8) is 0 Å². The normalized spacial score (nSPS) is 18.7. The van der Waals surface area contributed by atoms with E-state index in [1.54, 1.807) is 0 Å². The van der Waals surface area contributed by atoms with E-state index < -0.39 is 0 Å². The molecular weight excluding hydrogens is 386 g/mol. The topological polar surface area (TPSA) is 76.7 Å². The first-order chi connectivity index (χ1) is 14.2. The van der Waals surface area contributed by atoms with Gasteiger partial charge in [-0.15, -0.1) is 11.3 Å². The average molecular weight is 416 g/mol. The van der Waals surface area contributed by atoms with Gasteiger partial charge in [-0.05, 0) is 38.9 Å². The first kappa shape index (κ1) is 20.1. The van der Waals surface area contributed by atoms with Crippen molar-refractivity contribution >= 4 is 38.4 Å². The molecule has 0 atom stereocenters. The Bertz CT molecular complexity index is 869. The molecule has 3 heterocycles. The number of rotatable bonds is 4. The number of benzene rings is 1. The van der Waals surface area contributed by atoms with Crippen molar-refractivity contribution in [3.8, 4) is 0 Å². The van der Waals surface area contributed by atoms with Crippen LogP contribution in [0.15, 0.2) is 24.3 Å². The van der Waals surface area contributed by atoms with Crippen molar-refractivity contribution in [1.82, 2.24) is 20.4 Å². The molecule has 0 unspecified atom stereocenters. The standard InChI is InChI=1S/C21H29N5O2S/c1-2-23-21(28)24-19-18(16-5-3-4-6-17(16)29-19)20(27)26-13-11-25(12-14-26)15-7-9-22-10-8-15/h3-6,15,22H,2,7-14H2,1H3,(H2,23,24,28). The average Bonchev–Trinajstić information content (AvgIpc) is 3.11. The number of anilines is 1. The molecular formula is C21H29N5O2S. The largest absolute Gasteiger partial charge is 0.338 e. The molecule has 0 aliphatic carbocycles. The van der Waals surface area contributed by atoms with Gasteiger partial charge in [0, 0.05) is 48.9 Å². The highest BCUT2D eigenvalue weighted by Gasteiger charge is 2.30. The lowest BCUT2D eigenvalue weighted by Crippen LogP contribution is -2.54. The lowest BCUT2D eigenvalue weighted by Gasteiger charge is -2.40. The van der Waals surface area contributed by atoms with Gasteiger partial charge in [-0.1, -0.05) is 18.2 Å². The van der Waals surface area contributed by atoms with Gasteiger partial charge in [0.15, 0.2) is 0 Å². The number of hydrogen-bond acceptors (Lipinski definition) is 5. The Morgan fingerprint density at radius 2 is 1.86 bits per heavy atom. The van der Waals surface area contributed by atoms with E-state index in [0.717, 1.165) is 49.4 Å². The summed E-state index contributed by atoms with van der Waals surface area (Å²) < 4.78 is 1.01. The van der Waals surface area contributed by atoms with E-state index in [1.165, 1.54) is 24.2 Å². The van der Waals surface area contributed by atoms with Gasteiger partial charge in [0.25, 0.3) is 5.91 Å². The minimum absolute atomic E-state index is 0.0132. The Labute approximate surface area is 175 Å². The van der Waals surface area contributed by atoms with Crippen LogP contribution in [0.1, 0.15) is 30.1 Å². The van der Waals surface area contributed by atoms with E-state index in [2.05, 4.69) is 20.9 Å². The Morgan fingerprint density at radius 3 is 2.59 bits per heavy atom. The van der Waals surface area contributed by atoms with Crippen LogP contribution in [-0.4, -0.2) is 73.6 Å². The summed E-state index contributed by atoms with van der Waals surface area (Å²) in [6.07, 6.45) is 2.37. The summed E-state index contributed by atoms with van der Waals surface area (Å²) in [4.78, 5) is 30.0. The summed E-state index contributed by atoms with van der Waals surface area (Å²) in [7, 11) is 0. The fourth-order valence-corrected chi connectivity index (χ4v) is 5.36. The van der Waals surface area contributed by atoms with E-state index >= 15 is 0 Å². The fraction of sp³-hybridized carbons (Fsp3) is 0.524. The molecule has 1 aromatic heterocycles. The molecule has 2 aromatic rings. The monoisotopic (exact) mass is 415 g/mol. The van der Waals surface area contributed by atoms with Gasteiger partial charge in [0.1, 0.15) is 5.00 Å². The van der Waals surface area contributed by atoms with Crippen molar-refractivity contribution < 1.29 is 9.59 Å². The number of hydrogen-bond donors (Lipinski definition) is 3. The maximum Gasteiger partial charge on any atom is 0.319 e. The SMILES string of the molecule is CCNC(=O)Nc1sc2ccccc2c1C(=O)N1CCN(C2CCNCC2)CC1. The van der Waals surface area contributed by atoms with Crippen molar-refractivity contribution in [1.29, 1.82) is 0 Å². The minimum Gasteiger partial charge on any atom is -0.338 e. The third-order valence-electron chi connectivity index (χ3n) is 5.80. The number of carbonyl (C=O) groups excluding carboxylic acids is 2. The van der Waals surface area contributed by atoms with Crippen LogP contribution in [0.25, 0.3) is 10.1 Å². The first-order valence-corrected chi connectivity index (χ1v) is 11.3. The van der Waals surface area contributed by atoms with Crippen LogP contribution >= 0.6 is 11.3 Å². The third-order valence-corrected chi connectivity index (χ3v) is 6.89. The summed E-state index contributed by atoms with van der Waals surface area (Å²) in [6.45, 7) is 7.87. The van der Waals surface area contributed by atoms with Crippen LogP contribution in [0.3, 0.4) is 0 Å². The van der Waals surface area contributed by atoms with E-state index in [0.29, 0.717) is 23.2 Å². The smallest absolute Gasteiger partial charge is 0.319 e. The number of thiophene rings is 1. The molecule has 2 aliphatic heterocycles. The van der Waals surface area contributed by atoms with E-state index in [-0.39, 0.29) is 11.9 Å².